The third kappa shape index (κ3) is 3.17. The zero-order valence-electron chi connectivity index (χ0n) is 9.75. The number of benzene rings is 1. The van der Waals surface area contributed by atoms with Gasteiger partial charge in [-0.3, -0.25) is 0 Å². The van der Waals surface area contributed by atoms with Gasteiger partial charge in [-0.25, -0.2) is 0 Å². The molecular weight excluding hydrogens is 283 g/mol. The summed E-state index contributed by atoms with van der Waals surface area (Å²) in [5.74, 6) is 0.225. The number of alkyl halides is 4. The predicted octanol–water partition coefficient (Wildman–Crippen LogP) is 3.88. The summed E-state index contributed by atoms with van der Waals surface area (Å²) in [5, 5.41) is 9.79. The van der Waals surface area contributed by atoms with E-state index >= 15 is 0 Å². The van der Waals surface area contributed by atoms with E-state index in [0.29, 0.717) is 0 Å². The first-order valence-corrected chi connectivity index (χ1v) is 5.77. The van der Waals surface area contributed by atoms with Crippen LogP contribution in [0.3, 0.4) is 0 Å². The Labute approximate surface area is 111 Å². The van der Waals surface area contributed by atoms with E-state index in [-0.39, 0.29) is 29.0 Å². The lowest BCUT2D eigenvalue weighted by Gasteiger charge is -2.11. The molecule has 1 heterocycles. The summed E-state index contributed by atoms with van der Waals surface area (Å²) in [7, 11) is 0. The molecule has 2 rings (SSSR count). The molecule has 0 bridgehead atoms. The summed E-state index contributed by atoms with van der Waals surface area (Å²) >= 11 is 5.48. The van der Waals surface area contributed by atoms with E-state index in [0.717, 1.165) is 6.07 Å². The van der Waals surface area contributed by atoms with Crippen LogP contribution in [0.4, 0.5) is 24.9 Å². The smallest absolute Gasteiger partial charge is 0.407 e. The molecule has 102 valence electrons. The van der Waals surface area contributed by atoms with Crippen LogP contribution in [0.1, 0.15) is 17.0 Å². The highest BCUT2D eigenvalue weighted by molar-refractivity contribution is 6.16. The summed E-state index contributed by atoms with van der Waals surface area (Å²) < 4.78 is 43.2. The van der Waals surface area contributed by atoms with Crippen molar-refractivity contribution in [3.8, 4) is 0 Å². The summed E-state index contributed by atoms with van der Waals surface area (Å²) in [6, 6.07) is 3.84. The molecule has 0 radical (unpaired) electrons. The van der Waals surface area contributed by atoms with Crippen molar-refractivity contribution in [1.82, 2.24) is 10.2 Å². The third-order valence-electron chi connectivity index (χ3n) is 2.38. The molecule has 1 aromatic heterocycles. The molecule has 0 saturated carbocycles. The van der Waals surface area contributed by atoms with Crippen molar-refractivity contribution in [2.45, 2.75) is 19.0 Å². The van der Waals surface area contributed by atoms with Gasteiger partial charge < -0.3 is 9.73 Å². The highest BCUT2D eigenvalue weighted by Gasteiger charge is 2.32. The fraction of sp³-hybridized carbons (Fsp3) is 0.273. The Balaban J connectivity index is 2.26. The molecule has 1 N–H and O–H groups in total. The average molecular weight is 292 g/mol. The lowest BCUT2D eigenvalue weighted by molar-refractivity contribution is -0.138. The minimum atomic E-state index is -4.40. The van der Waals surface area contributed by atoms with Crippen LogP contribution in [0.15, 0.2) is 22.6 Å². The van der Waals surface area contributed by atoms with Crippen LogP contribution in [0.25, 0.3) is 0 Å². The van der Waals surface area contributed by atoms with Crippen LogP contribution in [0.2, 0.25) is 0 Å². The van der Waals surface area contributed by atoms with Gasteiger partial charge in [0.1, 0.15) is 5.88 Å². The number of hydrogen-bond acceptors (Lipinski definition) is 4. The van der Waals surface area contributed by atoms with E-state index in [1.807, 2.05) is 0 Å². The van der Waals surface area contributed by atoms with Crippen molar-refractivity contribution in [2.24, 2.45) is 0 Å². The van der Waals surface area contributed by atoms with Gasteiger partial charge in [0.05, 0.1) is 5.56 Å². The van der Waals surface area contributed by atoms with Gasteiger partial charge in [-0.15, -0.1) is 16.7 Å². The van der Waals surface area contributed by atoms with Crippen molar-refractivity contribution in [3.05, 3.63) is 35.2 Å². The molecular formula is C11H9ClF3N3O. The fourth-order valence-corrected chi connectivity index (χ4v) is 1.59. The van der Waals surface area contributed by atoms with Gasteiger partial charge in [0.25, 0.3) is 0 Å². The van der Waals surface area contributed by atoms with Crippen LogP contribution in [-0.2, 0) is 12.1 Å². The standard InChI is InChI=1S/C11H9ClF3N3O/c1-6-2-3-7(4-8(6)11(13,14)15)16-10-18-17-9(5-12)19-10/h2-4H,5H2,1H3,(H,16,18). The molecule has 0 atom stereocenters. The molecule has 0 aliphatic heterocycles. The molecule has 4 nitrogen and oxygen atoms in total. The second-order valence-corrected chi connectivity index (χ2v) is 4.05. The molecule has 8 heteroatoms. The lowest BCUT2D eigenvalue weighted by Crippen LogP contribution is -2.08. The predicted molar refractivity (Wildman–Crippen MR) is 63.3 cm³/mol. The zero-order chi connectivity index (χ0) is 14.0. The Hall–Kier alpha value is -1.76. The molecule has 0 saturated heterocycles. The molecule has 0 unspecified atom stereocenters. The zero-order valence-corrected chi connectivity index (χ0v) is 10.5. The molecule has 0 fully saturated rings. The van der Waals surface area contributed by atoms with Crippen molar-refractivity contribution in [1.29, 1.82) is 0 Å². The lowest BCUT2D eigenvalue weighted by atomic mass is 10.1. The molecule has 0 aliphatic rings. The monoisotopic (exact) mass is 291 g/mol. The van der Waals surface area contributed by atoms with E-state index in [2.05, 4.69) is 15.5 Å². The van der Waals surface area contributed by atoms with Crippen LogP contribution in [-0.4, -0.2) is 10.2 Å². The number of hydrogen-bond donors (Lipinski definition) is 1. The minimum Gasteiger partial charge on any atom is -0.407 e. The fourth-order valence-electron chi connectivity index (χ4n) is 1.49. The number of aryl methyl sites for hydroxylation is 1. The number of nitrogens with one attached hydrogen (secondary N) is 1. The van der Waals surface area contributed by atoms with E-state index in [4.69, 9.17) is 16.0 Å². The first kappa shape index (κ1) is 13.7. The number of aromatic nitrogens is 2. The Morgan fingerprint density at radius 1 is 1.32 bits per heavy atom. The Bertz CT molecular complexity index is 583. The molecule has 1 aromatic carbocycles. The van der Waals surface area contributed by atoms with Gasteiger partial charge in [0.15, 0.2) is 0 Å². The van der Waals surface area contributed by atoms with E-state index in [9.17, 15) is 13.2 Å². The summed E-state index contributed by atoms with van der Waals surface area (Å²) in [6.45, 7) is 1.39. The maximum absolute atomic E-state index is 12.7. The van der Waals surface area contributed by atoms with E-state index < -0.39 is 11.7 Å². The van der Waals surface area contributed by atoms with Crippen LogP contribution >= 0.6 is 11.6 Å². The topological polar surface area (TPSA) is 51.0 Å². The third-order valence-corrected chi connectivity index (χ3v) is 2.60. The first-order chi connectivity index (χ1) is 8.90. The molecule has 0 spiro atoms. The van der Waals surface area contributed by atoms with Crippen LogP contribution in [0, 0.1) is 6.92 Å². The number of anilines is 2. The van der Waals surface area contributed by atoms with E-state index in [1.54, 1.807) is 0 Å². The van der Waals surface area contributed by atoms with Crippen molar-refractivity contribution in [3.63, 3.8) is 0 Å². The number of nitrogens with zero attached hydrogens (tertiary/aromatic N) is 2. The normalized spacial score (nSPS) is 11.6. The Morgan fingerprint density at radius 2 is 2.05 bits per heavy atom. The van der Waals surface area contributed by atoms with Gasteiger partial charge in [-0.05, 0) is 24.6 Å². The van der Waals surface area contributed by atoms with Crippen LogP contribution < -0.4 is 5.32 Å². The molecule has 0 amide bonds. The maximum Gasteiger partial charge on any atom is 0.416 e. The van der Waals surface area contributed by atoms with Crippen molar-refractivity contribution >= 4 is 23.3 Å². The van der Waals surface area contributed by atoms with Gasteiger partial charge >= 0.3 is 12.2 Å². The summed E-state index contributed by atoms with van der Waals surface area (Å²) in [6.07, 6.45) is -4.40. The number of halogens is 4. The first-order valence-electron chi connectivity index (χ1n) is 5.23. The second-order valence-electron chi connectivity index (χ2n) is 3.79. The van der Waals surface area contributed by atoms with Crippen LogP contribution in [0.5, 0.6) is 0 Å². The summed E-state index contributed by atoms with van der Waals surface area (Å²) in [4.78, 5) is 0. The Kier molecular flexibility index (Phi) is 3.66. The van der Waals surface area contributed by atoms with Crippen molar-refractivity contribution in [2.75, 3.05) is 5.32 Å². The highest BCUT2D eigenvalue weighted by atomic mass is 35.5. The van der Waals surface area contributed by atoms with Gasteiger partial charge in [0, 0.05) is 5.69 Å². The largest absolute Gasteiger partial charge is 0.416 e. The average Bonchev–Trinajstić information content (AvgIpc) is 2.78. The molecule has 2 aromatic rings. The number of rotatable bonds is 3. The van der Waals surface area contributed by atoms with Gasteiger partial charge in [0.2, 0.25) is 5.89 Å². The SMILES string of the molecule is Cc1ccc(Nc2nnc(CCl)o2)cc1C(F)(F)F. The van der Waals surface area contributed by atoms with Gasteiger partial charge in [-0.2, -0.15) is 13.2 Å². The summed E-state index contributed by atoms with van der Waals surface area (Å²) in [5.41, 5.74) is -0.359. The molecule has 0 aliphatic carbocycles. The molecule has 19 heavy (non-hydrogen) atoms. The van der Waals surface area contributed by atoms with E-state index in [1.165, 1.54) is 19.1 Å². The Morgan fingerprint density at radius 3 is 2.63 bits per heavy atom. The minimum absolute atomic E-state index is 0.00683. The quantitative estimate of drug-likeness (QED) is 0.872. The van der Waals surface area contributed by atoms with Crippen molar-refractivity contribution < 1.29 is 17.6 Å². The second kappa shape index (κ2) is 5.08. The van der Waals surface area contributed by atoms with Gasteiger partial charge in [-0.1, -0.05) is 11.2 Å². The maximum atomic E-state index is 12.7. The highest BCUT2D eigenvalue weighted by Crippen LogP contribution is 2.33.